The number of halogens is 2. The summed E-state index contributed by atoms with van der Waals surface area (Å²) in [7, 11) is 0. The van der Waals surface area contributed by atoms with Gasteiger partial charge in [0.2, 0.25) is 0 Å². The Morgan fingerprint density at radius 1 is 0.857 bits per heavy atom. The van der Waals surface area contributed by atoms with Crippen molar-refractivity contribution >= 4 is 11.5 Å². The van der Waals surface area contributed by atoms with Crippen molar-refractivity contribution in [2.45, 2.75) is 71.6 Å². The molecule has 4 rings (SSSR count). The first-order valence-corrected chi connectivity index (χ1v) is 21.3. The van der Waals surface area contributed by atoms with Gasteiger partial charge in [-0.25, -0.2) is 0 Å². The van der Waals surface area contributed by atoms with Gasteiger partial charge in [-0.15, -0.1) is 0 Å². The van der Waals surface area contributed by atoms with Crippen molar-refractivity contribution in [2.75, 3.05) is 0 Å². The van der Waals surface area contributed by atoms with E-state index in [1.54, 1.807) is 27.9 Å². The van der Waals surface area contributed by atoms with E-state index in [0.717, 1.165) is 0 Å². The maximum absolute atomic E-state index is 2.63. The molecule has 2 aromatic carbocycles. The van der Waals surface area contributed by atoms with Crippen LogP contribution in [-0.2, 0) is 20.4 Å². The minimum atomic E-state index is -2.00. The minimum Gasteiger partial charge on any atom is -1.00 e. The molecule has 0 radical (unpaired) electrons. The van der Waals surface area contributed by atoms with Gasteiger partial charge in [-0.05, 0) is 0 Å². The van der Waals surface area contributed by atoms with Crippen LogP contribution < -0.4 is 24.8 Å². The fourth-order valence-corrected chi connectivity index (χ4v) is 26.4. The molecule has 0 spiro atoms. The molecule has 0 aliphatic heterocycles. The second kappa shape index (κ2) is 11.8. The maximum Gasteiger partial charge on any atom is -1.00 e. The minimum absolute atomic E-state index is 0. The third-order valence-corrected chi connectivity index (χ3v) is 26.6. The Balaban J connectivity index is 0.00000216. The summed E-state index contributed by atoms with van der Waals surface area (Å²) in [6, 6.07) is 18.2. The third-order valence-electron chi connectivity index (χ3n) is 7.73. The second-order valence-electron chi connectivity index (χ2n) is 11.5. The summed E-state index contributed by atoms with van der Waals surface area (Å²) in [6.45, 7) is 22.2. The molecule has 0 aromatic heterocycles. The summed E-state index contributed by atoms with van der Waals surface area (Å²) in [5.41, 5.74) is 12.4. The van der Waals surface area contributed by atoms with E-state index in [2.05, 4.69) is 116 Å². The average Bonchev–Trinajstić information content (AvgIpc) is 3.19. The molecular weight excluding hydrogens is 563 g/mol. The Morgan fingerprint density at radius 3 is 2.00 bits per heavy atom. The third kappa shape index (κ3) is 5.93. The predicted molar refractivity (Wildman–Crippen MR) is 144 cm³/mol. The zero-order chi connectivity index (χ0) is 24.1. The van der Waals surface area contributed by atoms with Gasteiger partial charge in [-0.2, -0.15) is 0 Å². The average molecular weight is 603 g/mol. The van der Waals surface area contributed by atoms with Crippen molar-refractivity contribution in [3.8, 4) is 11.1 Å². The Hall–Kier alpha value is -0.660. The molecule has 2 unspecified atom stereocenters. The normalized spacial score (nSPS) is 18.9. The van der Waals surface area contributed by atoms with Crippen molar-refractivity contribution in [1.82, 2.24) is 0 Å². The van der Waals surface area contributed by atoms with Crippen LogP contribution in [0.25, 0.3) is 17.2 Å². The molecule has 0 nitrogen and oxygen atoms in total. The van der Waals surface area contributed by atoms with Crippen LogP contribution in [0.4, 0.5) is 0 Å². The van der Waals surface area contributed by atoms with Crippen LogP contribution in [0.2, 0.25) is 13.1 Å². The van der Waals surface area contributed by atoms with Crippen molar-refractivity contribution in [2.24, 2.45) is 11.3 Å². The van der Waals surface area contributed by atoms with Crippen LogP contribution in [0.5, 0.6) is 0 Å². The predicted octanol–water partition coefficient (Wildman–Crippen LogP) is 3.37. The van der Waals surface area contributed by atoms with E-state index in [1.165, 1.54) is 23.1 Å². The van der Waals surface area contributed by atoms with Gasteiger partial charge in [0.25, 0.3) is 0 Å². The van der Waals surface area contributed by atoms with E-state index < -0.39 is 20.4 Å². The second-order valence-corrected chi connectivity index (χ2v) is 28.9. The summed E-state index contributed by atoms with van der Waals surface area (Å²) in [4.78, 5) is 0. The van der Waals surface area contributed by atoms with Crippen LogP contribution in [0.1, 0.15) is 69.6 Å². The zero-order valence-corrected chi connectivity index (χ0v) is 27.8. The molecule has 186 valence electrons. The van der Waals surface area contributed by atoms with Gasteiger partial charge in [-0.3, -0.25) is 0 Å². The first-order chi connectivity index (χ1) is 15.5. The summed E-state index contributed by atoms with van der Waals surface area (Å²) in [5.74, 6) is 0.650. The molecule has 0 heterocycles. The smallest absolute Gasteiger partial charge is 1.00 e. The number of allylic oxidation sites excluding steroid dienone is 5. The van der Waals surface area contributed by atoms with Crippen molar-refractivity contribution in [3.63, 3.8) is 0 Å². The topological polar surface area (TPSA) is 0 Å². The molecule has 0 saturated heterocycles. The Labute approximate surface area is 234 Å². The molecule has 0 fully saturated rings. The van der Waals surface area contributed by atoms with Crippen molar-refractivity contribution in [3.05, 3.63) is 85.2 Å². The van der Waals surface area contributed by atoms with Crippen LogP contribution in [-0.4, -0.2) is 5.43 Å². The van der Waals surface area contributed by atoms with Gasteiger partial charge in [0.15, 0.2) is 0 Å². The van der Waals surface area contributed by atoms with E-state index >= 15 is 0 Å². The monoisotopic (exact) mass is 600 g/mol. The van der Waals surface area contributed by atoms with E-state index in [9.17, 15) is 0 Å². The van der Waals surface area contributed by atoms with Crippen LogP contribution in [0, 0.1) is 11.3 Å². The van der Waals surface area contributed by atoms with E-state index in [0.29, 0.717) is 15.0 Å². The van der Waals surface area contributed by atoms with Crippen LogP contribution in [0.15, 0.2) is 74.1 Å². The Morgan fingerprint density at radius 2 is 1.49 bits per heavy atom. The Bertz CT molecular complexity index is 1220. The molecule has 2 aromatic rings. The quantitative estimate of drug-likeness (QED) is 0.471. The summed E-state index contributed by atoms with van der Waals surface area (Å²) >= 11 is -2.00. The largest absolute Gasteiger partial charge is 1.00 e. The summed E-state index contributed by atoms with van der Waals surface area (Å²) in [6.07, 6.45) is 3.83. The molecule has 2 aliphatic carbocycles. The molecule has 4 heteroatoms. The molecule has 2 aliphatic rings. The molecule has 0 amide bonds. The number of rotatable bonds is 4. The summed E-state index contributed by atoms with van der Waals surface area (Å²) in [5, 5.41) is 0. The van der Waals surface area contributed by atoms with Gasteiger partial charge in [0.05, 0.1) is 0 Å². The van der Waals surface area contributed by atoms with Gasteiger partial charge >= 0.3 is 211 Å². The molecule has 0 bridgehead atoms. The first kappa shape index (κ1) is 30.6. The molecule has 2 atom stereocenters. The maximum atomic E-state index is 2.63. The van der Waals surface area contributed by atoms with Gasteiger partial charge in [0, 0.05) is 0 Å². The molecule has 0 saturated carbocycles. The zero-order valence-electron chi connectivity index (χ0n) is 22.8. The van der Waals surface area contributed by atoms with Crippen LogP contribution >= 0.6 is 0 Å². The summed E-state index contributed by atoms with van der Waals surface area (Å²) < 4.78 is 2.62. The van der Waals surface area contributed by atoms with Gasteiger partial charge < -0.3 is 24.8 Å². The van der Waals surface area contributed by atoms with Gasteiger partial charge in [-0.1, -0.05) is 0 Å². The van der Waals surface area contributed by atoms with Crippen molar-refractivity contribution in [1.29, 1.82) is 0 Å². The van der Waals surface area contributed by atoms with E-state index in [-0.39, 0.29) is 30.2 Å². The Kier molecular flexibility index (Phi) is 10.3. The number of hydrogen-bond acceptors (Lipinski definition) is 0. The number of hydrogen-bond donors (Lipinski definition) is 0. The fraction of sp³-hybridized carbons (Fsp3) is 0.419. The number of fused-ring (bicyclic) bond motifs is 1. The fourth-order valence-electron chi connectivity index (χ4n) is 5.95. The number of benzene rings is 2. The first-order valence-electron chi connectivity index (χ1n) is 12.5. The van der Waals surface area contributed by atoms with Crippen LogP contribution in [0.3, 0.4) is 0 Å². The standard InChI is InChI=1S/C20H21.C9H13.C2H6Si.2ClH.Zr/c1-20(2,3)14-15-12-17-10-7-11-18(19(17)13-15)16-8-5-4-6-9-16;1-6-5-7(2)9(4)8(6)3;1-3-2;;;/h4-13H,14H2,1-3H3;6H,1-4H3;1-2H3;2*1H;/q;;;;;+2/p-2. The molecular formula is C31H40Cl2SiZr. The molecule has 0 N–H and O–H groups in total. The van der Waals surface area contributed by atoms with Gasteiger partial charge in [0.1, 0.15) is 0 Å². The van der Waals surface area contributed by atoms with E-state index in [4.69, 9.17) is 0 Å². The van der Waals surface area contributed by atoms with E-state index in [1.807, 2.05) is 3.28 Å². The van der Waals surface area contributed by atoms with Crippen molar-refractivity contribution < 1.29 is 45.2 Å². The molecule has 35 heavy (non-hydrogen) atoms. The SMILES string of the molecule is CC1=C(C)C(C)[C]([Zr+2]([CH]2C(CC(C)(C)C)=Cc3c(-c4ccccc4)cccc32)=[Si](C)C)=C1C.[Cl-].[Cl-].